The summed E-state index contributed by atoms with van der Waals surface area (Å²) >= 11 is 0. The molecule has 2 N–H and O–H groups in total. The predicted molar refractivity (Wildman–Crippen MR) is 83.7 cm³/mol. The molecule has 2 aliphatic rings. The number of aliphatic carboxylic acids is 1. The molecule has 0 radical (unpaired) electrons. The van der Waals surface area contributed by atoms with Crippen molar-refractivity contribution in [3.8, 4) is 0 Å². The van der Waals surface area contributed by atoms with Crippen LogP contribution in [0.15, 0.2) is 24.3 Å². The van der Waals surface area contributed by atoms with Crippen molar-refractivity contribution in [3.63, 3.8) is 0 Å². The van der Waals surface area contributed by atoms with Gasteiger partial charge in [0, 0.05) is 12.5 Å². The number of carboxylic acids is 1. The van der Waals surface area contributed by atoms with Gasteiger partial charge in [-0.25, -0.2) is 0 Å². The normalized spacial score (nSPS) is 24.9. The molecule has 0 aliphatic heterocycles. The first-order chi connectivity index (χ1) is 10.4. The van der Waals surface area contributed by atoms with Gasteiger partial charge in [-0.1, -0.05) is 38.1 Å². The maximum Gasteiger partial charge on any atom is 0.311 e. The maximum absolute atomic E-state index is 12.2. The number of carboxylic acid groups (broad SMARTS) is 1. The highest BCUT2D eigenvalue weighted by Crippen LogP contribution is 2.49. The van der Waals surface area contributed by atoms with Gasteiger partial charge in [-0.05, 0) is 42.2 Å². The molecule has 0 spiro atoms. The molecular formula is C18H23NO3. The van der Waals surface area contributed by atoms with E-state index in [4.69, 9.17) is 5.11 Å². The van der Waals surface area contributed by atoms with Crippen LogP contribution in [0.1, 0.15) is 56.1 Å². The second-order valence-electron chi connectivity index (χ2n) is 7.07. The molecule has 2 saturated carbocycles. The summed E-state index contributed by atoms with van der Waals surface area (Å²) in [5, 5.41) is 12.0. The average molecular weight is 301 g/mol. The summed E-state index contributed by atoms with van der Waals surface area (Å²) in [6, 6.07) is 8.51. The van der Waals surface area contributed by atoms with Crippen molar-refractivity contribution in [3.05, 3.63) is 35.4 Å². The second kappa shape index (κ2) is 5.41. The van der Waals surface area contributed by atoms with Crippen LogP contribution in [0, 0.1) is 11.3 Å². The lowest BCUT2D eigenvalue weighted by atomic mass is 10.00. The van der Waals surface area contributed by atoms with Gasteiger partial charge < -0.3 is 10.4 Å². The van der Waals surface area contributed by atoms with E-state index >= 15 is 0 Å². The molecule has 0 bridgehead atoms. The minimum Gasteiger partial charge on any atom is -0.481 e. The van der Waals surface area contributed by atoms with Crippen LogP contribution in [-0.2, 0) is 9.59 Å². The van der Waals surface area contributed by atoms with Crippen LogP contribution < -0.4 is 5.32 Å². The van der Waals surface area contributed by atoms with Gasteiger partial charge >= 0.3 is 5.97 Å². The summed E-state index contributed by atoms with van der Waals surface area (Å²) in [5.41, 5.74) is 1.84. The largest absolute Gasteiger partial charge is 0.481 e. The number of carbonyl (C=O) groups excluding carboxylic acids is 1. The molecule has 0 aromatic heterocycles. The lowest BCUT2D eigenvalue weighted by Gasteiger charge is -2.11. The molecule has 4 heteroatoms. The lowest BCUT2D eigenvalue weighted by Crippen LogP contribution is -2.35. The fourth-order valence-electron chi connectivity index (χ4n) is 2.99. The zero-order valence-electron chi connectivity index (χ0n) is 13.1. The second-order valence-corrected chi connectivity index (χ2v) is 7.07. The number of carbonyl (C=O) groups is 2. The van der Waals surface area contributed by atoms with Crippen LogP contribution in [0.4, 0.5) is 0 Å². The Morgan fingerprint density at radius 3 is 2.41 bits per heavy atom. The smallest absolute Gasteiger partial charge is 0.311 e. The summed E-state index contributed by atoms with van der Waals surface area (Å²) in [5.74, 6) is 0.0312. The quantitative estimate of drug-likeness (QED) is 0.849. The Labute approximate surface area is 130 Å². The number of benzene rings is 1. The first-order valence-electron chi connectivity index (χ1n) is 8.04. The molecule has 22 heavy (non-hydrogen) atoms. The fourth-order valence-corrected chi connectivity index (χ4v) is 2.99. The molecule has 0 saturated heterocycles. The Bertz CT molecular complexity index is 587. The van der Waals surface area contributed by atoms with Crippen LogP contribution in [0.3, 0.4) is 0 Å². The fraction of sp³-hybridized carbons (Fsp3) is 0.556. The monoisotopic (exact) mass is 301 g/mol. The third-order valence-electron chi connectivity index (χ3n) is 5.07. The summed E-state index contributed by atoms with van der Waals surface area (Å²) < 4.78 is 0. The van der Waals surface area contributed by atoms with Gasteiger partial charge in [0.25, 0.3) is 0 Å². The molecule has 4 nitrogen and oxygen atoms in total. The molecule has 1 aromatic rings. The number of amides is 1. The first kappa shape index (κ1) is 15.1. The molecule has 2 atom stereocenters. The molecule has 1 aromatic carbocycles. The Morgan fingerprint density at radius 1 is 1.27 bits per heavy atom. The summed E-state index contributed by atoms with van der Waals surface area (Å²) in [6.45, 7) is 4.60. The number of rotatable bonds is 6. The van der Waals surface area contributed by atoms with E-state index in [1.54, 1.807) is 0 Å². The van der Waals surface area contributed by atoms with Gasteiger partial charge in [0.15, 0.2) is 0 Å². The van der Waals surface area contributed by atoms with Crippen LogP contribution in [0.2, 0.25) is 0 Å². The van der Waals surface area contributed by atoms with Crippen LogP contribution in [-0.4, -0.2) is 23.5 Å². The standard InChI is InChI=1S/C18H23NO3/c1-11(2)12-3-5-13(6-4-12)14-9-15(14)16(20)19-10-18(7-8-18)17(21)22/h3-6,11,14-15H,7-10H2,1-2H3,(H,19,20)(H,21,22). The molecule has 2 aliphatic carbocycles. The number of hydrogen-bond acceptors (Lipinski definition) is 2. The topological polar surface area (TPSA) is 66.4 Å². The minimum absolute atomic E-state index is 0.00506. The van der Waals surface area contributed by atoms with E-state index in [0.717, 1.165) is 6.42 Å². The molecule has 2 fully saturated rings. The van der Waals surface area contributed by atoms with Crippen molar-refractivity contribution in [1.29, 1.82) is 0 Å². The summed E-state index contributed by atoms with van der Waals surface area (Å²) in [6.07, 6.45) is 2.22. The third-order valence-corrected chi connectivity index (χ3v) is 5.07. The van der Waals surface area contributed by atoms with E-state index in [2.05, 4.69) is 43.4 Å². The van der Waals surface area contributed by atoms with Gasteiger partial charge in [-0.2, -0.15) is 0 Å². The summed E-state index contributed by atoms with van der Waals surface area (Å²) in [7, 11) is 0. The van der Waals surface area contributed by atoms with Crippen molar-refractivity contribution in [2.75, 3.05) is 6.54 Å². The third kappa shape index (κ3) is 2.87. The van der Waals surface area contributed by atoms with E-state index in [-0.39, 0.29) is 18.4 Å². The zero-order chi connectivity index (χ0) is 15.9. The van der Waals surface area contributed by atoms with E-state index < -0.39 is 11.4 Å². The van der Waals surface area contributed by atoms with E-state index in [9.17, 15) is 9.59 Å². The molecule has 0 heterocycles. The maximum atomic E-state index is 12.2. The van der Waals surface area contributed by atoms with Crippen molar-refractivity contribution >= 4 is 11.9 Å². The van der Waals surface area contributed by atoms with Gasteiger partial charge in [-0.15, -0.1) is 0 Å². The van der Waals surface area contributed by atoms with Gasteiger partial charge in [0.05, 0.1) is 5.41 Å². The Balaban J connectivity index is 1.53. The van der Waals surface area contributed by atoms with Crippen LogP contribution >= 0.6 is 0 Å². The minimum atomic E-state index is -0.788. The Morgan fingerprint density at radius 2 is 1.91 bits per heavy atom. The molecule has 118 valence electrons. The molecule has 3 rings (SSSR count). The summed E-state index contributed by atoms with van der Waals surface area (Å²) in [4.78, 5) is 23.3. The molecular weight excluding hydrogens is 278 g/mol. The Hall–Kier alpha value is -1.84. The van der Waals surface area contributed by atoms with E-state index in [0.29, 0.717) is 24.7 Å². The number of hydrogen-bond donors (Lipinski definition) is 2. The van der Waals surface area contributed by atoms with Crippen LogP contribution in [0.25, 0.3) is 0 Å². The number of nitrogens with one attached hydrogen (secondary N) is 1. The Kier molecular flexibility index (Phi) is 3.71. The molecule has 1 amide bonds. The van der Waals surface area contributed by atoms with Crippen molar-refractivity contribution in [1.82, 2.24) is 5.32 Å². The van der Waals surface area contributed by atoms with E-state index in [1.807, 2.05) is 0 Å². The highest BCUT2D eigenvalue weighted by molar-refractivity contribution is 5.84. The average Bonchev–Trinajstić information content (AvgIpc) is 3.38. The van der Waals surface area contributed by atoms with Gasteiger partial charge in [-0.3, -0.25) is 9.59 Å². The van der Waals surface area contributed by atoms with Crippen LogP contribution in [0.5, 0.6) is 0 Å². The van der Waals surface area contributed by atoms with Crippen molar-refractivity contribution in [2.24, 2.45) is 11.3 Å². The zero-order valence-corrected chi connectivity index (χ0v) is 13.1. The first-order valence-corrected chi connectivity index (χ1v) is 8.04. The lowest BCUT2D eigenvalue weighted by molar-refractivity contribution is -0.143. The van der Waals surface area contributed by atoms with Crippen molar-refractivity contribution in [2.45, 2.75) is 44.9 Å². The van der Waals surface area contributed by atoms with Crippen molar-refractivity contribution < 1.29 is 14.7 Å². The van der Waals surface area contributed by atoms with Gasteiger partial charge in [0.2, 0.25) is 5.91 Å². The highest BCUT2D eigenvalue weighted by atomic mass is 16.4. The highest BCUT2D eigenvalue weighted by Gasteiger charge is 2.51. The van der Waals surface area contributed by atoms with Gasteiger partial charge in [0.1, 0.15) is 0 Å². The van der Waals surface area contributed by atoms with E-state index in [1.165, 1.54) is 11.1 Å². The SMILES string of the molecule is CC(C)c1ccc(C2CC2C(=O)NCC2(C(=O)O)CC2)cc1. The predicted octanol–water partition coefficient (Wildman–Crippen LogP) is 2.89. The molecule has 2 unspecified atom stereocenters.